The monoisotopic (exact) mass is 246 g/mol. The number of aryl methyl sites for hydroxylation is 2. The molecule has 0 saturated carbocycles. The van der Waals surface area contributed by atoms with Crippen LogP contribution < -0.4 is 5.32 Å². The minimum absolute atomic E-state index is 0.229. The summed E-state index contributed by atoms with van der Waals surface area (Å²) in [5.41, 5.74) is 3.30. The van der Waals surface area contributed by atoms with Gasteiger partial charge in [0.25, 0.3) is 0 Å². The first-order valence-electron chi connectivity index (χ1n) is 5.60. The number of furan rings is 1. The van der Waals surface area contributed by atoms with Gasteiger partial charge in [0.2, 0.25) is 0 Å². The Kier molecular flexibility index (Phi) is 3.32. The van der Waals surface area contributed by atoms with E-state index in [1.54, 1.807) is 6.07 Å². The van der Waals surface area contributed by atoms with Crippen molar-refractivity contribution < 1.29 is 9.34 Å². The van der Waals surface area contributed by atoms with Crippen LogP contribution in [0.3, 0.4) is 0 Å². The Labute approximate surface area is 105 Å². The number of nitrogens with one attached hydrogen (secondary N) is 1. The van der Waals surface area contributed by atoms with Crippen LogP contribution >= 0.6 is 0 Å². The lowest BCUT2D eigenvalue weighted by Crippen LogP contribution is -2.00. The number of nitro groups is 1. The summed E-state index contributed by atoms with van der Waals surface area (Å²) in [4.78, 5) is 9.94. The molecule has 2 rings (SSSR count). The molecule has 94 valence electrons. The first-order chi connectivity index (χ1) is 8.56. The van der Waals surface area contributed by atoms with Gasteiger partial charge in [0.05, 0.1) is 12.6 Å². The van der Waals surface area contributed by atoms with E-state index in [9.17, 15) is 10.1 Å². The summed E-state index contributed by atoms with van der Waals surface area (Å²) in [5.74, 6) is 0.315. The van der Waals surface area contributed by atoms with Crippen LogP contribution in [0.2, 0.25) is 0 Å². The lowest BCUT2D eigenvalue weighted by atomic mass is 10.1. The minimum atomic E-state index is -0.540. The van der Waals surface area contributed by atoms with E-state index in [4.69, 9.17) is 4.42 Å². The van der Waals surface area contributed by atoms with Gasteiger partial charge in [-0.15, -0.1) is 0 Å². The second kappa shape index (κ2) is 4.91. The Morgan fingerprint density at radius 3 is 2.72 bits per heavy atom. The minimum Gasteiger partial charge on any atom is -0.404 e. The van der Waals surface area contributed by atoms with Gasteiger partial charge in [-0.05, 0) is 37.1 Å². The molecule has 0 fully saturated rings. The highest BCUT2D eigenvalue weighted by atomic mass is 16.6. The molecule has 2 aromatic rings. The highest BCUT2D eigenvalue weighted by Crippen LogP contribution is 2.20. The zero-order valence-corrected chi connectivity index (χ0v) is 10.3. The second-order valence-electron chi connectivity index (χ2n) is 4.17. The van der Waals surface area contributed by atoms with Crippen molar-refractivity contribution in [3.8, 4) is 0 Å². The third kappa shape index (κ3) is 2.68. The van der Waals surface area contributed by atoms with Gasteiger partial charge in [0, 0.05) is 5.69 Å². The molecular formula is C13H14N2O3. The second-order valence-corrected chi connectivity index (χ2v) is 4.17. The standard InChI is InChI=1S/C13H14N2O3/c1-9-3-4-10(2)12(7-9)14-8-11-5-6-13(18-11)15(16)17/h3-7,14H,8H2,1-2H3. The van der Waals surface area contributed by atoms with Crippen LogP contribution in [0.5, 0.6) is 0 Å². The molecule has 0 spiro atoms. The SMILES string of the molecule is Cc1ccc(C)c(NCc2ccc([N+](=O)[O-])o2)c1. The van der Waals surface area contributed by atoms with Gasteiger partial charge < -0.3 is 9.73 Å². The molecule has 1 N–H and O–H groups in total. The lowest BCUT2D eigenvalue weighted by molar-refractivity contribution is -0.402. The molecule has 1 heterocycles. The van der Waals surface area contributed by atoms with Crippen LogP contribution in [0.1, 0.15) is 16.9 Å². The maximum atomic E-state index is 10.5. The Hall–Kier alpha value is -2.30. The van der Waals surface area contributed by atoms with Crippen molar-refractivity contribution in [3.63, 3.8) is 0 Å². The van der Waals surface area contributed by atoms with E-state index in [1.165, 1.54) is 6.07 Å². The van der Waals surface area contributed by atoms with Crippen molar-refractivity contribution in [2.75, 3.05) is 5.32 Å². The van der Waals surface area contributed by atoms with Crippen molar-refractivity contribution in [3.05, 3.63) is 57.3 Å². The molecule has 0 amide bonds. The van der Waals surface area contributed by atoms with Gasteiger partial charge in [-0.3, -0.25) is 10.1 Å². The largest absolute Gasteiger partial charge is 0.433 e. The Morgan fingerprint density at radius 1 is 1.28 bits per heavy atom. The van der Waals surface area contributed by atoms with E-state index in [1.807, 2.05) is 32.0 Å². The Balaban J connectivity index is 2.06. The van der Waals surface area contributed by atoms with Crippen LogP contribution in [0, 0.1) is 24.0 Å². The highest BCUT2D eigenvalue weighted by Gasteiger charge is 2.11. The highest BCUT2D eigenvalue weighted by molar-refractivity contribution is 5.52. The summed E-state index contributed by atoms with van der Waals surface area (Å²) in [6, 6.07) is 9.07. The van der Waals surface area contributed by atoms with Gasteiger partial charge in [-0.1, -0.05) is 12.1 Å². The third-order valence-corrected chi connectivity index (χ3v) is 2.67. The molecule has 0 radical (unpaired) electrons. The van der Waals surface area contributed by atoms with Gasteiger partial charge in [0.1, 0.15) is 10.7 Å². The number of anilines is 1. The summed E-state index contributed by atoms with van der Waals surface area (Å²) in [6.07, 6.45) is 0. The number of rotatable bonds is 4. The third-order valence-electron chi connectivity index (χ3n) is 2.67. The average Bonchev–Trinajstić information content (AvgIpc) is 2.79. The van der Waals surface area contributed by atoms with Crippen molar-refractivity contribution in [2.45, 2.75) is 20.4 Å². The maximum Gasteiger partial charge on any atom is 0.433 e. The van der Waals surface area contributed by atoms with Crippen LogP contribution in [0.4, 0.5) is 11.6 Å². The maximum absolute atomic E-state index is 10.5. The van der Waals surface area contributed by atoms with Crippen molar-refractivity contribution >= 4 is 11.6 Å². The normalized spacial score (nSPS) is 10.3. The molecule has 5 nitrogen and oxygen atoms in total. The smallest absolute Gasteiger partial charge is 0.404 e. The molecule has 0 aliphatic rings. The predicted molar refractivity (Wildman–Crippen MR) is 68.6 cm³/mol. The quantitative estimate of drug-likeness (QED) is 0.663. The zero-order chi connectivity index (χ0) is 13.1. The summed E-state index contributed by atoms with van der Waals surface area (Å²) in [6.45, 7) is 4.45. The first-order valence-corrected chi connectivity index (χ1v) is 5.60. The summed E-state index contributed by atoms with van der Waals surface area (Å²) >= 11 is 0. The van der Waals surface area contributed by atoms with Crippen molar-refractivity contribution in [2.24, 2.45) is 0 Å². The molecule has 1 aromatic heterocycles. The van der Waals surface area contributed by atoms with E-state index in [-0.39, 0.29) is 5.88 Å². The fourth-order valence-corrected chi connectivity index (χ4v) is 1.67. The molecule has 0 unspecified atom stereocenters. The molecule has 0 aliphatic heterocycles. The van der Waals surface area contributed by atoms with Gasteiger partial charge in [0.15, 0.2) is 0 Å². The molecule has 18 heavy (non-hydrogen) atoms. The van der Waals surface area contributed by atoms with Crippen LogP contribution in [-0.2, 0) is 6.54 Å². The Morgan fingerprint density at radius 2 is 2.06 bits per heavy atom. The van der Waals surface area contributed by atoms with Crippen LogP contribution in [-0.4, -0.2) is 4.92 Å². The number of nitrogens with zero attached hydrogens (tertiary/aromatic N) is 1. The van der Waals surface area contributed by atoms with Gasteiger partial charge in [-0.25, -0.2) is 0 Å². The summed E-state index contributed by atoms with van der Waals surface area (Å²) < 4.78 is 5.08. The van der Waals surface area contributed by atoms with E-state index < -0.39 is 4.92 Å². The van der Waals surface area contributed by atoms with E-state index >= 15 is 0 Å². The fourth-order valence-electron chi connectivity index (χ4n) is 1.67. The van der Waals surface area contributed by atoms with E-state index in [2.05, 4.69) is 5.32 Å². The summed E-state index contributed by atoms with van der Waals surface area (Å²) in [7, 11) is 0. The fraction of sp³-hybridized carbons (Fsp3) is 0.231. The molecule has 0 bridgehead atoms. The molecule has 0 atom stereocenters. The van der Waals surface area contributed by atoms with Crippen molar-refractivity contribution in [1.82, 2.24) is 0 Å². The number of hydrogen-bond acceptors (Lipinski definition) is 4. The number of benzene rings is 1. The molecule has 5 heteroatoms. The average molecular weight is 246 g/mol. The first kappa shape index (κ1) is 12.2. The number of hydrogen-bond donors (Lipinski definition) is 1. The summed E-state index contributed by atoms with van der Waals surface area (Å²) in [5, 5.41) is 13.7. The van der Waals surface area contributed by atoms with E-state index in [0.29, 0.717) is 12.3 Å². The predicted octanol–water partition coefficient (Wildman–Crippen LogP) is 3.42. The zero-order valence-electron chi connectivity index (χ0n) is 10.3. The van der Waals surface area contributed by atoms with Gasteiger partial charge >= 0.3 is 5.88 Å². The van der Waals surface area contributed by atoms with Crippen LogP contribution in [0.15, 0.2) is 34.7 Å². The molecular weight excluding hydrogens is 232 g/mol. The Bertz CT molecular complexity index is 575. The van der Waals surface area contributed by atoms with Crippen molar-refractivity contribution in [1.29, 1.82) is 0 Å². The lowest BCUT2D eigenvalue weighted by Gasteiger charge is -2.08. The molecule has 0 saturated heterocycles. The molecule has 0 aliphatic carbocycles. The van der Waals surface area contributed by atoms with Crippen LogP contribution in [0.25, 0.3) is 0 Å². The molecule has 1 aromatic carbocycles. The topological polar surface area (TPSA) is 68.3 Å². The van der Waals surface area contributed by atoms with E-state index in [0.717, 1.165) is 16.8 Å². The van der Waals surface area contributed by atoms with Gasteiger partial charge in [-0.2, -0.15) is 0 Å².